The maximum Gasteiger partial charge on any atom is 0.259 e. The Labute approximate surface area is 237 Å². The summed E-state index contributed by atoms with van der Waals surface area (Å²) in [5, 5.41) is 25.3. The summed E-state index contributed by atoms with van der Waals surface area (Å²) >= 11 is 1.30. The lowest BCUT2D eigenvalue weighted by Crippen LogP contribution is -2.41. The number of aromatic nitrogens is 2. The average molecular weight is 563 g/mol. The zero-order chi connectivity index (χ0) is 28.2. The van der Waals surface area contributed by atoms with Crippen molar-refractivity contribution >= 4 is 28.3 Å². The Morgan fingerprint density at radius 3 is 2.48 bits per heavy atom. The van der Waals surface area contributed by atoms with Crippen LogP contribution in [-0.4, -0.2) is 33.7 Å². The highest BCUT2D eigenvalue weighted by Crippen LogP contribution is 2.22. The molecule has 0 radical (unpaired) electrons. The normalized spacial score (nSPS) is 13.2. The van der Waals surface area contributed by atoms with Gasteiger partial charge in [0, 0.05) is 12.1 Å². The Balaban J connectivity index is 1.15. The van der Waals surface area contributed by atoms with Gasteiger partial charge in [-0.05, 0) is 61.1 Å². The van der Waals surface area contributed by atoms with Crippen LogP contribution in [0.5, 0.6) is 5.75 Å². The Bertz CT molecular complexity index is 1320. The lowest BCUT2D eigenvalue weighted by Gasteiger charge is -2.20. The summed E-state index contributed by atoms with van der Waals surface area (Å²) in [5.41, 5.74) is 8.60. The van der Waals surface area contributed by atoms with Crippen LogP contribution in [0.25, 0.3) is 0 Å². The fourth-order valence-electron chi connectivity index (χ4n) is 3.90. The van der Waals surface area contributed by atoms with Gasteiger partial charge in [0.1, 0.15) is 16.6 Å². The number of rotatable bonds is 14. The molecule has 1 unspecified atom stereocenters. The van der Waals surface area contributed by atoms with Gasteiger partial charge in [0.15, 0.2) is 6.10 Å². The molecule has 10 nitrogen and oxygen atoms in total. The Morgan fingerprint density at radius 1 is 0.975 bits per heavy atom. The molecule has 210 valence electrons. The van der Waals surface area contributed by atoms with E-state index in [0.717, 1.165) is 48.4 Å². The molecule has 1 atom stereocenters. The molecule has 0 bridgehead atoms. The van der Waals surface area contributed by atoms with Crippen molar-refractivity contribution in [3.05, 3.63) is 94.4 Å². The van der Waals surface area contributed by atoms with E-state index in [1.165, 1.54) is 11.3 Å². The number of amides is 2. The number of anilines is 1. The molecule has 40 heavy (non-hydrogen) atoms. The number of allylic oxidation sites excluding steroid dienone is 3. The number of aliphatic hydroxyl groups is 1. The molecule has 1 aromatic heterocycles. The van der Waals surface area contributed by atoms with Crippen LogP contribution in [0.15, 0.2) is 78.3 Å². The average Bonchev–Trinajstić information content (AvgIpc) is 3.42. The van der Waals surface area contributed by atoms with Crippen molar-refractivity contribution < 1.29 is 19.4 Å². The minimum atomic E-state index is -1.32. The van der Waals surface area contributed by atoms with E-state index in [2.05, 4.69) is 31.7 Å². The number of nitrogens with one attached hydrogen (secondary N) is 4. The van der Waals surface area contributed by atoms with E-state index in [-0.39, 0.29) is 5.91 Å². The van der Waals surface area contributed by atoms with Crippen LogP contribution in [0.1, 0.15) is 54.8 Å². The standard InChI is InChI=1S/C29H34N6O4S/c1-2-18-39-23-15-12-21(13-16-23)27(37)28(38)31-29-35-34-26(40-29)11-7-6-10-22-14-17-24(33-32-22)30-25(36)19-20-8-4-3-5-9-20/h3-5,8-9,12-17,27,32-33,37H,2,6-7,10-11,18-19H2,1H3,(H,30,36)(H,31,35,38). The first-order valence-corrected chi connectivity index (χ1v) is 14.1. The minimum Gasteiger partial charge on any atom is -0.494 e. The van der Waals surface area contributed by atoms with E-state index in [9.17, 15) is 14.7 Å². The quantitative estimate of drug-likeness (QED) is 0.187. The summed E-state index contributed by atoms with van der Waals surface area (Å²) in [7, 11) is 0. The molecule has 4 rings (SSSR count). The molecule has 0 saturated carbocycles. The highest BCUT2D eigenvalue weighted by atomic mass is 32.1. The third kappa shape index (κ3) is 8.92. The first-order chi connectivity index (χ1) is 19.5. The van der Waals surface area contributed by atoms with Gasteiger partial charge in [-0.1, -0.05) is 60.7 Å². The number of unbranched alkanes of at least 4 members (excludes halogenated alkanes) is 1. The second kappa shape index (κ2) is 14.8. The zero-order valence-electron chi connectivity index (χ0n) is 22.4. The maximum absolute atomic E-state index is 12.5. The Hall–Kier alpha value is -4.22. The molecule has 0 spiro atoms. The van der Waals surface area contributed by atoms with Gasteiger partial charge in [0.2, 0.25) is 11.0 Å². The van der Waals surface area contributed by atoms with Crippen LogP contribution in [0.3, 0.4) is 0 Å². The topological polar surface area (TPSA) is 138 Å². The molecule has 1 aliphatic heterocycles. The Morgan fingerprint density at radius 2 is 1.75 bits per heavy atom. The second-order valence-corrected chi connectivity index (χ2v) is 10.3. The third-order valence-electron chi connectivity index (χ3n) is 5.99. The summed E-state index contributed by atoms with van der Waals surface area (Å²) in [5.74, 6) is 0.660. The molecule has 11 heteroatoms. The largest absolute Gasteiger partial charge is 0.494 e. The number of aryl methyl sites for hydroxylation is 1. The Kier molecular flexibility index (Phi) is 10.6. The molecule has 1 aliphatic rings. The van der Waals surface area contributed by atoms with Gasteiger partial charge in [-0.25, -0.2) is 0 Å². The number of nitrogens with zero attached hydrogens (tertiary/aromatic N) is 2. The smallest absolute Gasteiger partial charge is 0.259 e. The predicted octanol–water partition coefficient (Wildman–Crippen LogP) is 3.90. The van der Waals surface area contributed by atoms with Gasteiger partial charge < -0.3 is 20.6 Å². The molecule has 2 heterocycles. The molecule has 2 aromatic carbocycles. The van der Waals surface area contributed by atoms with E-state index in [0.29, 0.717) is 35.3 Å². The first kappa shape index (κ1) is 28.8. The molecule has 0 aliphatic carbocycles. The second-order valence-electron chi connectivity index (χ2n) is 9.25. The number of benzene rings is 2. The molecule has 5 N–H and O–H groups in total. The number of hydrogen-bond donors (Lipinski definition) is 5. The summed E-state index contributed by atoms with van der Waals surface area (Å²) in [6.45, 7) is 2.64. The van der Waals surface area contributed by atoms with Crippen molar-refractivity contribution in [1.82, 2.24) is 26.4 Å². The highest BCUT2D eigenvalue weighted by Gasteiger charge is 2.19. The van der Waals surface area contributed by atoms with Crippen LogP contribution >= 0.6 is 11.3 Å². The van der Waals surface area contributed by atoms with E-state index in [1.54, 1.807) is 24.3 Å². The third-order valence-corrected chi connectivity index (χ3v) is 6.89. The number of carbonyl (C=O) groups is 2. The van der Waals surface area contributed by atoms with E-state index in [1.807, 2.05) is 49.4 Å². The van der Waals surface area contributed by atoms with Crippen molar-refractivity contribution in [2.24, 2.45) is 0 Å². The SMILES string of the molecule is CCCOc1ccc(C(O)C(=O)Nc2nnc(CCCCC3=CC=C(NC(=O)Cc4ccccc4)NN3)s2)cc1. The van der Waals surface area contributed by atoms with Gasteiger partial charge in [0.25, 0.3) is 5.91 Å². The van der Waals surface area contributed by atoms with E-state index >= 15 is 0 Å². The molecule has 2 amide bonds. The van der Waals surface area contributed by atoms with Gasteiger partial charge in [0.05, 0.1) is 13.0 Å². The predicted molar refractivity (Wildman–Crippen MR) is 154 cm³/mol. The monoisotopic (exact) mass is 562 g/mol. The first-order valence-electron chi connectivity index (χ1n) is 13.3. The molecule has 0 fully saturated rings. The summed E-state index contributed by atoms with van der Waals surface area (Å²) < 4.78 is 5.53. The summed E-state index contributed by atoms with van der Waals surface area (Å²) in [4.78, 5) is 24.7. The van der Waals surface area contributed by atoms with E-state index in [4.69, 9.17) is 4.74 Å². The van der Waals surface area contributed by atoms with Crippen LogP contribution < -0.4 is 26.2 Å². The fraction of sp³-hybridized carbons (Fsp3) is 0.310. The van der Waals surface area contributed by atoms with Crippen molar-refractivity contribution in [2.45, 2.75) is 51.6 Å². The minimum absolute atomic E-state index is 0.0858. The number of ether oxygens (including phenoxy) is 1. The lowest BCUT2D eigenvalue weighted by atomic mass is 10.1. The fourth-order valence-corrected chi connectivity index (χ4v) is 4.68. The summed E-state index contributed by atoms with van der Waals surface area (Å²) in [6.07, 6.45) is 7.06. The van der Waals surface area contributed by atoms with Gasteiger partial charge in [-0.15, -0.1) is 10.2 Å². The number of carbonyl (C=O) groups excluding carboxylic acids is 2. The molecular formula is C29H34N6O4S. The summed E-state index contributed by atoms with van der Waals surface area (Å²) in [6, 6.07) is 16.4. The van der Waals surface area contributed by atoms with Crippen LogP contribution in [0, 0.1) is 0 Å². The van der Waals surface area contributed by atoms with Gasteiger partial charge in [-0.3, -0.25) is 20.3 Å². The molecule has 3 aromatic rings. The molecular weight excluding hydrogens is 528 g/mol. The van der Waals surface area contributed by atoms with Crippen molar-refractivity contribution in [3.63, 3.8) is 0 Å². The van der Waals surface area contributed by atoms with Crippen LogP contribution in [0.2, 0.25) is 0 Å². The van der Waals surface area contributed by atoms with Crippen LogP contribution in [0.4, 0.5) is 5.13 Å². The number of hydrogen-bond acceptors (Lipinski definition) is 9. The molecule has 0 saturated heterocycles. The highest BCUT2D eigenvalue weighted by molar-refractivity contribution is 7.15. The maximum atomic E-state index is 12.5. The van der Waals surface area contributed by atoms with Crippen molar-refractivity contribution in [3.8, 4) is 5.75 Å². The van der Waals surface area contributed by atoms with Crippen molar-refractivity contribution in [2.75, 3.05) is 11.9 Å². The van der Waals surface area contributed by atoms with Gasteiger partial charge in [-0.2, -0.15) is 0 Å². The zero-order valence-corrected chi connectivity index (χ0v) is 23.2. The van der Waals surface area contributed by atoms with Gasteiger partial charge >= 0.3 is 0 Å². The number of hydrazine groups is 1. The lowest BCUT2D eigenvalue weighted by molar-refractivity contribution is -0.124. The number of aliphatic hydroxyl groups excluding tert-OH is 1. The van der Waals surface area contributed by atoms with Crippen LogP contribution in [-0.2, 0) is 22.4 Å². The van der Waals surface area contributed by atoms with E-state index < -0.39 is 12.0 Å². The van der Waals surface area contributed by atoms with Crippen molar-refractivity contribution in [1.29, 1.82) is 0 Å².